The SMILES string of the molecule is COc1cccc(C(O)C(=O)NCC(C)CN2CCCC2)c1. The molecule has 0 spiro atoms. The molecule has 5 heteroatoms. The first-order valence-electron chi connectivity index (χ1n) is 7.92. The smallest absolute Gasteiger partial charge is 0.253 e. The van der Waals surface area contributed by atoms with Crippen LogP contribution >= 0.6 is 0 Å². The van der Waals surface area contributed by atoms with Crippen molar-refractivity contribution < 1.29 is 14.6 Å². The number of rotatable bonds is 7. The summed E-state index contributed by atoms with van der Waals surface area (Å²) >= 11 is 0. The fourth-order valence-electron chi connectivity index (χ4n) is 2.80. The van der Waals surface area contributed by atoms with Gasteiger partial charge < -0.3 is 20.1 Å². The van der Waals surface area contributed by atoms with E-state index in [9.17, 15) is 9.90 Å². The number of amides is 1. The third-order valence-electron chi connectivity index (χ3n) is 4.05. The van der Waals surface area contributed by atoms with E-state index < -0.39 is 6.10 Å². The third kappa shape index (κ3) is 4.71. The number of likely N-dealkylation sites (tertiary alicyclic amines) is 1. The number of ether oxygens (including phenoxy) is 1. The minimum Gasteiger partial charge on any atom is -0.497 e. The molecule has 5 nitrogen and oxygen atoms in total. The van der Waals surface area contributed by atoms with Crippen molar-refractivity contribution in [3.63, 3.8) is 0 Å². The minimum atomic E-state index is -1.16. The van der Waals surface area contributed by atoms with Gasteiger partial charge in [-0.15, -0.1) is 0 Å². The molecule has 22 heavy (non-hydrogen) atoms. The molecule has 1 aromatic carbocycles. The standard InChI is InChI=1S/C17H26N2O3/c1-13(12-19-8-3-4-9-19)11-18-17(21)16(20)14-6-5-7-15(10-14)22-2/h5-7,10,13,16,20H,3-4,8-9,11-12H2,1-2H3,(H,18,21). The fourth-order valence-corrected chi connectivity index (χ4v) is 2.80. The van der Waals surface area contributed by atoms with Crippen molar-refractivity contribution in [2.24, 2.45) is 5.92 Å². The van der Waals surface area contributed by atoms with Gasteiger partial charge in [0.2, 0.25) is 0 Å². The Labute approximate surface area is 132 Å². The van der Waals surface area contributed by atoms with E-state index in [2.05, 4.69) is 17.1 Å². The van der Waals surface area contributed by atoms with E-state index in [0.29, 0.717) is 23.8 Å². The van der Waals surface area contributed by atoms with Gasteiger partial charge in [0.1, 0.15) is 5.75 Å². The predicted octanol–water partition coefficient (Wildman–Crippen LogP) is 1.58. The van der Waals surface area contributed by atoms with Gasteiger partial charge in [-0.25, -0.2) is 0 Å². The van der Waals surface area contributed by atoms with Crippen LogP contribution < -0.4 is 10.1 Å². The maximum absolute atomic E-state index is 12.1. The zero-order valence-electron chi connectivity index (χ0n) is 13.4. The Morgan fingerprint density at radius 2 is 2.14 bits per heavy atom. The number of carbonyl (C=O) groups excluding carboxylic acids is 1. The average molecular weight is 306 g/mol. The molecule has 0 saturated carbocycles. The van der Waals surface area contributed by atoms with Gasteiger partial charge in [-0.2, -0.15) is 0 Å². The molecule has 2 unspecified atom stereocenters. The Morgan fingerprint density at radius 3 is 2.82 bits per heavy atom. The largest absolute Gasteiger partial charge is 0.497 e. The van der Waals surface area contributed by atoms with E-state index in [0.717, 1.165) is 19.6 Å². The van der Waals surface area contributed by atoms with Crippen molar-refractivity contribution in [3.05, 3.63) is 29.8 Å². The van der Waals surface area contributed by atoms with Gasteiger partial charge >= 0.3 is 0 Å². The second kappa shape index (κ2) is 8.15. The van der Waals surface area contributed by atoms with Gasteiger partial charge in [0.15, 0.2) is 6.10 Å². The number of aliphatic hydroxyl groups is 1. The van der Waals surface area contributed by atoms with E-state index in [-0.39, 0.29) is 5.91 Å². The van der Waals surface area contributed by atoms with Crippen LogP contribution in [0.4, 0.5) is 0 Å². The summed E-state index contributed by atoms with van der Waals surface area (Å²) in [4.78, 5) is 14.5. The van der Waals surface area contributed by atoms with Gasteiger partial charge in [0, 0.05) is 13.1 Å². The molecule has 2 atom stereocenters. The van der Waals surface area contributed by atoms with Gasteiger partial charge in [0.25, 0.3) is 5.91 Å². The number of aliphatic hydroxyl groups excluding tert-OH is 1. The number of carbonyl (C=O) groups is 1. The summed E-state index contributed by atoms with van der Waals surface area (Å²) in [5, 5.41) is 13.0. The molecule has 0 radical (unpaired) electrons. The molecule has 122 valence electrons. The van der Waals surface area contributed by atoms with E-state index in [1.807, 2.05) is 0 Å². The number of hydrogen-bond acceptors (Lipinski definition) is 4. The summed E-state index contributed by atoms with van der Waals surface area (Å²) in [7, 11) is 1.56. The molecule has 1 saturated heterocycles. The molecule has 1 fully saturated rings. The highest BCUT2D eigenvalue weighted by Gasteiger charge is 2.19. The number of methoxy groups -OCH3 is 1. The predicted molar refractivity (Wildman–Crippen MR) is 85.8 cm³/mol. The average Bonchev–Trinajstić information content (AvgIpc) is 3.04. The highest BCUT2D eigenvalue weighted by Crippen LogP contribution is 2.19. The number of nitrogens with zero attached hydrogens (tertiary/aromatic N) is 1. The first-order chi connectivity index (χ1) is 10.6. The molecule has 1 aliphatic heterocycles. The molecule has 2 N–H and O–H groups in total. The Kier molecular flexibility index (Phi) is 6.21. The summed E-state index contributed by atoms with van der Waals surface area (Å²) in [6, 6.07) is 6.95. The van der Waals surface area contributed by atoms with Crippen LogP contribution in [0, 0.1) is 5.92 Å². The lowest BCUT2D eigenvalue weighted by Crippen LogP contribution is -2.36. The Balaban J connectivity index is 1.80. The van der Waals surface area contributed by atoms with Crippen LogP contribution in [-0.4, -0.2) is 49.2 Å². The zero-order chi connectivity index (χ0) is 15.9. The van der Waals surface area contributed by atoms with Gasteiger partial charge in [-0.05, 0) is 49.5 Å². The highest BCUT2D eigenvalue weighted by molar-refractivity contribution is 5.82. The molecule has 0 aromatic heterocycles. The van der Waals surface area contributed by atoms with Crippen LogP contribution in [0.25, 0.3) is 0 Å². The normalized spacial score (nSPS) is 18.0. The minimum absolute atomic E-state index is 0.360. The van der Waals surface area contributed by atoms with Crippen LogP contribution in [0.15, 0.2) is 24.3 Å². The van der Waals surface area contributed by atoms with Crippen LogP contribution in [0.1, 0.15) is 31.4 Å². The van der Waals surface area contributed by atoms with Crippen molar-refractivity contribution in [1.82, 2.24) is 10.2 Å². The van der Waals surface area contributed by atoms with E-state index in [1.165, 1.54) is 12.8 Å². The number of nitrogens with one attached hydrogen (secondary N) is 1. The van der Waals surface area contributed by atoms with Crippen molar-refractivity contribution in [1.29, 1.82) is 0 Å². The lowest BCUT2D eigenvalue weighted by molar-refractivity contribution is -0.129. The topological polar surface area (TPSA) is 61.8 Å². The van der Waals surface area contributed by atoms with Crippen LogP contribution in [0.3, 0.4) is 0 Å². The molecule has 1 amide bonds. The molecule has 1 heterocycles. The highest BCUT2D eigenvalue weighted by atomic mass is 16.5. The van der Waals surface area contributed by atoms with Gasteiger partial charge in [-0.1, -0.05) is 19.1 Å². The monoisotopic (exact) mass is 306 g/mol. The van der Waals surface area contributed by atoms with Crippen LogP contribution in [-0.2, 0) is 4.79 Å². The van der Waals surface area contributed by atoms with Crippen LogP contribution in [0.5, 0.6) is 5.75 Å². The summed E-state index contributed by atoms with van der Waals surface area (Å²) < 4.78 is 5.11. The van der Waals surface area contributed by atoms with E-state index in [4.69, 9.17) is 4.74 Å². The summed E-state index contributed by atoms with van der Waals surface area (Å²) in [6.07, 6.45) is 1.38. The molecular formula is C17H26N2O3. The lowest BCUT2D eigenvalue weighted by Gasteiger charge is -2.21. The van der Waals surface area contributed by atoms with Crippen molar-refractivity contribution in [2.75, 3.05) is 33.3 Å². The molecule has 1 aliphatic rings. The summed E-state index contributed by atoms with van der Waals surface area (Å²) in [5.41, 5.74) is 0.545. The molecule has 1 aromatic rings. The third-order valence-corrected chi connectivity index (χ3v) is 4.05. The van der Waals surface area contributed by atoms with Crippen molar-refractivity contribution in [2.45, 2.75) is 25.9 Å². The lowest BCUT2D eigenvalue weighted by atomic mass is 10.1. The molecule has 0 aliphatic carbocycles. The first-order valence-corrected chi connectivity index (χ1v) is 7.92. The Morgan fingerprint density at radius 1 is 1.41 bits per heavy atom. The van der Waals surface area contributed by atoms with Crippen molar-refractivity contribution >= 4 is 5.91 Å². The van der Waals surface area contributed by atoms with Crippen LogP contribution in [0.2, 0.25) is 0 Å². The Bertz CT molecular complexity index is 487. The quantitative estimate of drug-likeness (QED) is 0.803. The molecule has 2 rings (SSSR count). The van der Waals surface area contributed by atoms with Gasteiger partial charge in [0.05, 0.1) is 7.11 Å². The molecular weight excluding hydrogens is 280 g/mol. The number of benzene rings is 1. The van der Waals surface area contributed by atoms with E-state index >= 15 is 0 Å². The second-order valence-corrected chi connectivity index (χ2v) is 6.04. The Hall–Kier alpha value is -1.59. The fraction of sp³-hybridized carbons (Fsp3) is 0.588. The summed E-state index contributed by atoms with van der Waals surface area (Å²) in [5.74, 6) is 0.646. The first kappa shape index (κ1) is 16.8. The summed E-state index contributed by atoms with van der Waals surface area (Å²) in [6.45, 7) is 6.01. The maximum atomic E-state index is 12.1. The number of hydrogen-bond donors (Lipinski definition) is 2. The second-order valence-electron chi connectivity index (χ2n) is 6.04. The van der Waals surface area contributed by atoms with Crippen molar-refractivity contribution in [3.8, 4) is 5.75 Å². The maximum Gasteiger partial charge on any atom is 0.253 e. The van der Waals surface area contributed by atoms with E-state index in [1.54, 1.807) is 31.4 Å². The van der Waals surface area contributed by atoms with Gasteiger partial charge in [-0.3, -0.25) is 4.79 Å². The zero-order valence-corrected chi connectivity index (χ0v) is 13.4. The molecule has 0 bridgehead atoms.